The lowest BCUT2D eigenvalue weighted by Gasteiger charge is -2.36. The lowest BCUT2D eigenvalue weighted by Crippen LogP contribution is -2.56. The highest BCUT2D eigenvalue weighted by Crippen LogP contribution is 2.19. The zero-order chi connectivity index (χ0) is 15.4. The van der Waals surface area contributed by atoms with Crippen LogP contribution in [0.2, 0.25) is 0 Å². The minimum absolute atomic E-state index is 0.0233. The SMILES string of the molecule is [C-]#[N+]c1nc(N[C@H]2CO[C@H](CO)[C@H](O)[C@@H]2O)nc(OC)n1. The lowest BCUT2D eigenvalue weighted by atomic mass is 9.98. The summed E-state index contributed by atoms with van der Waals surface area (Å²) in [5.74, 6) is -0.139. The number of aromatic nitrogens is 3. The van der Waals surface area contributed by atoms with E-state index in [2.05, 4.69) is 25.1 Å². The largest absolute Gasteiger partial charge is 0.455 e. The third kappa shape index (κ3) is 3.34. The molecule has 10 heteroatoms. The van der Waals surface area contributed by atoms with E-state index < -0.39 is 31.0 Å². The van der Waals surface area contributed by atoms with Crippen molar-refractivity contribution in [2.45, 2.75) is 24.4 Å². The van der Waals surface area contributed by atoms with Crippen LogP contribution < -0.4 is 10.1 Å². The molecule has 4 N–H and O–H groups in total. The fourth-order valence-corrected chi connectivity index (χ4v) is 1.89. The Labute approximate surface area is 120 Å². The van der Waals surface area contributed by atoms with Gasteiger partial charge in [0.05, 0.1) is 26.4 Å². The smallest absolute Gasteiger partial charge is 0.384 e. The van der Waals surface area contributed by atoms with Gasteiger partial charge in [-0.15, -0.1) is 16.5 Å². The molecule has 1 fully saturated rings. The first kappa shape index (κ1) is 15.3. The number of nitrogens with zero attached hydrogens (tertiary/aromatic N) is 4. The zero-order valence-electron chi connectivity index (χ0n) is 11.2. The summed E-state index contributed by atoms with van der Waals surface area (Å²) in [5, 5.41) is 31.5. The fraction of sp³-hybridized carbons (Fsp3) is 0.636. The molecule has 0 spiro atoms. The first-order valence-electron chi connectivity index (χ1n) is 6.11. The monoisotopic (exact) mass is 297 g/mol. The highest BCUT2D eigenvalue weighted by atomic mass is 16.5. The van der Waals surface area contributed by atoms with Gasteiger partial charge in [0, 0.05) is 0 Å². The Morgan fingerprint density at radius 1 is 1.38 bits per heavy atom. The average molecular weight is 297 g/mol. The van der Waals surface area contributed by atoms with Crippen LogP contribution in [0.3, 0.4) is 0 Å². The van der Waals surface area contributed by atoms with Crippen LogP contribution >= 0.6 is 0 Å². The minimum atomic E-state index is -1.25. The van der Waals surface area contributed by atoms with Crippen molar-refractivity contribution in [3.05, 3.63) is 11.4 Å². The van der Waals surface area contributed by atoms with Crippen LogP contribution in [0.15, 0.2) is 0 Å². The Morgan fingerprint density at radius 2 is 2.14 bits per heavy atom. The number of hydrogen-bond donors (Lipinski definition) is 4. The number of nitrogens with one attached hydrogen (secondary N) is 1. The first-order chi connectivity index (χ1) is 10.1. The molecule has 0 amide bonds. The third-order valence-corrected chi connectivity index (χ3v) is 3.01. The molecule has 1 aliphatic rings. The van der Waals surface area contributed by atoms with Gasteiger partial charge >= 0.3 is 12.0 Å². The quantitative estimate of drug-likeness (QED) is 0.481. The van der Waals surface area contributed by atoms with Crippen LogP contribution in [-0.4, -0.2) is 74.9 Å². The van der Waals surface area contributed by atoms with Crippen molar-refractivity contribution in [1.29, 1.82) is 0 Å². The summed E-state index contributed by atoms with van der Waals surface area (Å²) in [6.07, 6.45) is -3.27. The Bertz CT molecular complexity index is 536. The average Bonchev–Trinajstić information content (AvgIpc) is 2.51. The molecule has 4 atom stereocenters. The number of aliphatic hydroxyl groups is 3. The van der Waals surface area contributed by atoms with Gasteiger partial charge in [0.25, 0.3) is 5.95 Å². The van der Waals surface area contributed by atoms with Gasteiger partial charge < -0.3 is 35.0 Å². The molecule has 1 aromatic heterocycles. The Balaban J connectivity index is 2.13. The van der Waals surface area contributed by atoms with Gasteiger partial charge in [0.15, 0.2) is 0 Å². The van der Waals surface area contributed by atoms with Crippen molar-refractivity contribution in [3.8, 4) is 6.01 Å². The van der Waals surface area contributed by atoms with Crippen molar-refractivity contribution < 1.29 is 24.8 Å². The van der Waals surface area contributed by atoms with E-state index in [0.717, 1.165) is 0 Å². The minimum Gasteiger partial charge on any atom is -0.455 e. The van der Waals surface area contributed by atoms with E-state index in [9.17, 15) is 10.2 Å². The summed E-state index contributed by atoms with van der Waals surface area (Å²) in [6.45, 7) is 6.54. The third-order valence-electron chi connectivity index (χ3n) is 3.01. The fourth-order valence-electron chi connectivity index (χ4n) is 1.89. The molecular formula is C11H15N5O5. The number of methoxy groups -OCH3 is 1. The predicted octanol–water partition coefficient (Wildman–Crippen LogP) is -1.68. The van der Waals surface area contributed by atoms with Gasteiger partial charge in [-0.05, 0) is 0 Å². The normalized spacial score (nSPS) is 28.7. The van der Waals surface area contributed by atoms with Crippen molar-refractivity contribution in [3.63, 3.8) is 0 Å². The summed E-state index contributed by atoms with van der Waals surface area (Å²) in [6, 6.07) is -0.744. The van der Waals surface area contributed by atoms with Crippen LogP contribution in [0, 0.1) is 6.57 Å². The molecule has 1 aliphatic heterocycles. The highest BCUT2D eigenvalue weighted by Gasteiger charge is 2.38. The summed E-state index contributed by atoms with van der Waals surface area (Å²) in [7, 11) is 1.35. The van der Waals surface area contributed by atoms with E-state index in [1.165, 1.54) is 7.11 Å². The summed E-state index contributed by atoms with van der Waals surface area (Å²) in [5.41, 5.74) is 0. The van der Waals surface area contributed by atoms with Gasteiger partial charge in [-0.2, -0.15) is 0 Å². The molecule has 0 radical (unpaired) electrons. The second-order valence-electron chi connectivity index (χ2n) is 4.34. The van der Waals surface area contributed by atoms with Crippen LogP contribution in [0.25, 0.3) is 4.85 Å². The van der Waals surface area contributed by atoms with Crippen molar-refractivity contribution in [2.24, 2.45) is 0 Å². The molecule has 114 valence electrons. The maximum absolute atomic E-state index is 9.99. The Morgan fingerprint density at radius 3 is 2.76 bits per heavy atom. The van der Waals surface area contributed by atoms with E-state index in [0.29, 0.717) is 0 Å². The summed E-state index contributed by atoms with van der Waals surface area (Å²) < 4.78 is 10.1. The number of hydrogen-bond acceptors (Lipinski definition) is 9. The molecule has 0 unspecified atom stereocenters. The molecular weight excluding hydrogens is 282 g/mol. The van der Waals surface area contributed by atoms with Crippen LogP contribution in [0.1, 0.15) is 0 Å². The Kier molecular flexibility index (Phi) is 4.81. The van der Waals surface area contributed by atoms with Crippen molar-refractivity contribution in [1.82, 2.24) is 15.0 Å². The Hall–Kier alpha value is -2.06. The van der Waals surface area contributed by atoms with Gasteiger partial charge in [-0.3, -0.25) is 0 Å². The van der Waals surface area contributed by atoms with E-state index in [1.807, 2.05) is 0 Å². The van der Waals surface area contributed by atoms with Crippen LogP contribution in [0.4, 0.5) is 11.9 Å². The molecule has 10 nitrogen and oxygen atoms in total. The van der Waals surface area contributed by atoms with Gasteiger partial charge in [0.1, 0.15) is 18.3 Å². The van der Waals surface area contributed by atoms with E-state index in [1.54, 1.807) is 0 Å². The van der Waals surface area contributed by atoms with Crippen molar-refractivity contribution in [2.75, 3.05) is 25.6 Å². The summed E-state index contributed by atoms with van der Waals surface area (Å²) in [4.78, 5) is 14.5. The molecule has 0 bridgehead atoms. The molecule has 2 heterocycles. The molecule has 0 aliphatic carbocycles. The first-order valence-corrected chi connectivity index (χ1v) is 6.11. The molecule has 0 aromatic carbocycles. The molecule has 1 aromatic rings. The van der Waals surface area contributed by atoms with Crippen LogP contribution in [-0.2, 0) is 4.74 Å². The van der Waals surface area contributed by atoms with Crippen LogP contribution in [0.5, 0.6) is 6.01 Å². The number of ether oxygens (including phenoxy) is 2. The maximum Gasteiger partial charge on any atom is 0.384 e. The van der Waals surface area contributed by atoms with E-state index >= 15 is 0 Å². The van der Waals surface area contributed by atoms with Gasteiger partial charge in [0.2, 0.25) is 0 Å². The lowest BCUT2D eigenvalue weighted by molar-refractivity contribution is -0.152. The second kappa shape index (κ2) is 6.59. The molecule has 0 saturated carbocycles. The van der Waals surface area contributed by atoms with E-state index in [-0.39, 0.29) is 24.5 Å². The van der Waals surface area contributed by atoms with E-state index in [4.69, 9.17) is 21.2 Å². The summed E-state index contributed by atoms with van der Waals surface area (Å²) >= 11 is 0. The second-order valence-corrected chi connectivity index (χ2v) is 4.34. The maximum atomic E-state index is 9.99. The molecule has 21 heavy (non-hydrogen) atoms. The topological polar surface area (TPSA) is 134 Å². The van der Waals surface area contributed by atoms with Crippen molar-refractivity contribution >= 4 is 11.9 Å². The number of aliphatic hydroxyl groups excluding tert-OH is 3. The predicted molar refractivity (Wildman–Crippen MR) is 68.9 cm³/mol. The molecule has 2 rings (SSSR count). The number of rotatable bonds is 4. The number of anilines is 1. The molecule has 1 saturated heterocycles. The van der Waals surface area contributed by atoms with Gasteiger partial charge in [-0.25, -0.2) is 0 Å². The van der Waals surface area contributed by atoms with Gasteiger partial charge in [-0.1, -0.05) is 4.98 Å². The zero-order valence-corrected chi connectivity index (χ0v) is 11.2. The standard InChI is InChI=1S/C11H15N5O5/c1-12-9-14-10(16-11(15-9)20-2)13-5-4-21-6(3-17)8(19)7(5)18/h5-8,17-19H,3-4H2,2H3,(H,13,14,15,16)/t5-,6+,7+,8-/m0/s1. The highest BCUT2D eigenvalue weighted by molar-refractivity contribution is 5.37.